The third-order valence-electron chi connectivity index (χ3n) is 0.958. The third-order valence-corrected chi connectivity index (χ3v) is 2.36. The Hall–Kier alpha value is -0.420. The molecule has 1 aromatic heterocycles. The van der Waals surface area contributed by atoms with Gasteiger partial charge in [-0.05, 0) is 6.92 Å². The first-order valence-electron chi connectivity index (χ1n) is 2.71. The predicted molar refractivity (Wildman–Crippen MR) is 40.9 cm³/mol. The van der Waals surface area contributed by atoms with Crippen molar-refractivity contribution in [3.63, 3.8) is 0 Å². The standard InChI is InChI=1S/C5H7NO2S2/c1-4-6-5(2-9-4)3-10(7)8/h2,10H,3H2,1H3. The van der Waals surface area contributed by atoms with Crippen LogP contribution in [0.25, 0.3) is 0 Å². The molecular weight excluding hydrogens is 170 g/mol. The van der Waals surface area contributed by atoms with Gasteiger partial charge in [-0.25, -0.2) is 13.4 Å². The highest BCUT2D eigenvalue weighted by Crippen LogP contribution is 2.07. The molecule has 0 bridgehead atoms. The van der Waals surface area contributed by atoms with Crippen molar-refractivity contribution >= 4 is 22.0 Å². The van der Waals surface area contributed by atoms with Gasteiger partial charge in [0.15, 0.2) is 0 Å². The minimum atomic E-state index is -2.32. The van der Waals surface area contributed by atoms with Gasteiger partial charge in [-0.1, -0.05) is 0 Å². The molecule has 1 aromatic rings. The van der Waals surface area contributed by atoms with Crippen LogP contribution in [0.2, 0.25) is 0 Å². The fourth-order valence-electron chi connectivity index (χ4n) is 0.613. The molecule has 10 heavy (non-hydrogen) atoms. The van der Waals surface area contributed by atoms with Crippen molar-refractivity contribution in [2.45, 2.75) is 12.7 Å². The van der Waals surface area contributed by atoms with Gasteiger partial charge >= 0.3 is 0 Å². The van der Waals surface area contributed by atoms with E-state index in [-0.39, 0.29) is 5.75 Å². The Morgan fingerprint density at radius 3 is 2.80 bits per heavy atom. The van der Waals surface area contributed by atoms with Gasteiger partial charge in [0.1, 0.15) is 10.7 Å². The average Bonchev–Trinajstić information content (AvgIpc) is 2.13. The summed E-state index contributed by atoms with van der Waals surface area (Å²) in [5.41, 5.74) is 0.651. The van der Waals surface area contributed by atoms with Gasteiger partial charge in [-0.2, -0.15) is 0 Å². The molecule has 0 N–H and O–H groups in total. The molecule has 5 heteroatoms. The van der Waals surface area contributed by atoms with E-state index in [1.807, 2.05) is 6.92 Å². The Morgan fingerprint density at radius 1 is 1.70 bits per heavy atom. The number of rotatable bonds is 2. The molecule has 0 atom stereocenters. The lowest BCUT2D eigenvalue weighted by Crippen LogP contribution is -1.85. The van der Waals surface area contributed by atoms with E-state index in [9.17, 15) is 8.42 Å². The van der Waals surface area contributed by atoms with Crippen LogP contribution in [0, 0.1) is 6.92 Å². The normalized spacial score (nSPS) is 10.6. The van der Waals surface area contributed by atoms with E-state index in [0.29, 0.717) is 5.69 Å². The van der Waals surface area contributed by atoms with Gasteiger partial charge in [-0.3, -0.25) is 0 Å². The second-order valence-corrected chi connectivity index (χ2v) is 3.89. The summed E-state index contributed by atoms with van der Waals surface area (Å²) in [6.45, 7) is 1.85. The van der Waals surface area contributed by atoms with Crippen LogP contribution in [0.3, 0.4) is 0 Å². The summed E-state index contributed by atoms with van der Waals surface area (Å²) in [4.78, 5) is 3.99. The molecule has 1 rings (SSSR count). The number of aromatic nitrogens is 1. The average molecular weight is 177 g/mol. The highest BCUT2D eigenvalue weighted by molar-refractivity contribution is 7.71. The van der Waals surface area contributed by atoms with Gasteiger partial charge < -0.3 is 0 Å². The maximum absolute atomic E-state index is 10.2. The van der Waals surface area contributed by atoms with Crippen LogP contribution in [0.4, 0.5) is 0 Å². The van der Waals surface area contributed by atoms with E-state index in [1.54, 1.807) is 5.38 Å². The van der Waals surface area contributed by atoms with E-state index in [2.05, 4.69) is 4.98 Å². The zero-order chi connectivity index (χ0) is 7.56. The lowest BCUT2D eigenvalue weighted by molar-refractivity contribution is 0.613. The van der Waals surface area contributed by atoms with Crippen LogP contribution in [0.15, 0.2) is 5.38 Å². The van der Waals surface area contributed by atoms with Crippen molar-refractivity contribution < 1.29 is 8.42 Å². The predicted octanol–water partition coefficient (Wildman–Crippen LogP) is 0.563. The van der Waals surface area contributed by atoms with Crippen molar-refractivity contribution in [2.24, 2.45) is 0 Å². The molecule has 0 saturated carbocycles. The van der Waals surface area contributed by atoms with Gasteiger partial charge in [0, 0.05) is 5.38 Å². The smallest absolute Gasteiger partial charge is 0.145 e. The molecule has 1 heterocycles. The van der Waals surface area contributed by atoms with Gasteiger partial charge in [-0.15, -0.1) is 11.3 Å². The summed E-state index contributed by atoms with van der Waals surface area (Å²) >= 11 is 1.47. The highest BCUT2D eigenvalue weighted by Gasteiger charge is 1.97. The fraction of sp³-hybridized carbons (Fsp3) is 0.400. The number of aryl methyl sites for hydroxylation is 1. The van der Waals surface area contributed by atoms with E-state index in [0.717, 1.165) is 5.01 Å². The van der Waals surface area contributed by atoms with Crippen molar-refractivity contribution in [1.82, 2.24) is 4.98 Å². The highest BCUT2D eigenvalue weighted by atomic mass is 32.2. The summed E-state index contributed by atoms with van der Waals surface area (Å²) in [6.07, 6.45) is 0. The van der Waals surface area contributed by atoms with Crippen molar-refractivity contribution in [3.8, 4) is 0 Å². The monoisotopic (exact) mass is 177 g/mol. The Balaban J connectivity index is 2.76. The van der Waals surface area contributed by atoms with Crippen LogP contribution in [-0.4, -0.2) is 13.4 Å². The fourth-order valence-corrected chi connectivity index (χ4v) is 1.78. The maximum Gasteiger partial charge on any atom is 0.145 e. The summed E-state index contributed by atoms with van der Waals surface area (Å²) in [7, 11) is -2.32. The Bertz CT molecular complexity index is 282. The molecule has 0 aliphatic rings. The maximum atomic E-state index is 10.2. The lowest BCUT2D eigenvalue weighted by Gasteiger charge is -1.81. The SMILES string of the molecule is Cc1nc(C[SH](=O)=O)cs1. The molecule has 0 radical (unpaired) electrons. The molecule has 0 spiro atoms. The van der Waals surface area contributed by atoms with Crippen LogP contribution >= 0.6 is 11.3 Å². The Morgan fingerprint density at radius 2 is 2.40 bits per heavy atom. The van der Waals surface area contributed by atoms with E-state index in [1.165, 1.54) is 11.3 Å². The molecule has 0 aliphatic heterocycles. The second-order valence-electron chi connectivity index (χ2n) is 1.85. The number of thiazole rings is 1. The van der Waals surface area contributed by atoms with Crippen LogP contribution in [0.1, 0.15) is 10.7 Å². The molecule has 56 valence electrons. The molecule has 0 saturated heterocycles. The van der Waals surface area contributed by atoms with E-state index >= 15 is 0 Å². The number of nitrogens with zero attached hydrogens (tertiary/aromatic N) is 1. The zero-order valence-electron chi connectivity index (χ0n) is 5.40. The van der Waals surface area contributed by atoms with E-state index < -0.39 is 10.7 Å². The summed E-state index contributed by atoms with van der Waals surface area (Å²) in [6, 6.07) is 0. The summed E-state index contributed by atoms with van der Waals surface area (Å²) in [5.74, 6) is 0.0691. The van der Waals surface area contributed by atoms with Gasteiger partial charge in [0.05, 0.1) is 16.5 Å². The second kappa shape index (κ2) is 3.12. The molecule has 0 fully saturated rings. The summed E-state index contributed by atoms with van der Waals surface area (Å²) in [5, 5.41) is 2.67. The van der Waals surface area contributed by atoms with Crippen molar-refractivity contribution in [3.05, 3.63) is 16.1 Å². The van der Waals surface area contributed by atoms with Gasteiger partial charge in [0.25, 0.3) is 0 Å². The molecule has 3 nitrogen and oxygen atoms in total. The van der Waals surface area contributed by atoms with Crippen LogP contribution < -0.4 is 0 Å². The number of thiol groups is 1. The van der Waals surface area contributed by atoms with Crippen molar-refractivity contribution in [2.75, 3.05) is 0 Å². The topological polar surface area (TPSA) is 47.0 Å². The first-order valence-corrected chi connectivity index (χ1v) is 4.95. The molecule has 0 unspecified atom stereocenters. The third kappa shape index (κ3) is 2.07. The first kappa shape index (κ1) is 7.68. The quantitative estimate of drug-likeness (QED) is 0.671. The first-order chi connectivity index (χ1) is 4.68. The van der Waals surface area contributed by atoms with Crippen molar-refractivity contribution in [1.29, 1.82) is 0 Å². The molecule has 0 aromatic carbocycles. The Kier molecular flexibility index (Phi) is 2.39. The molecule has 0 aliphatic carbocycles. The largest absolute Gasteiger partial charge is 0.246 e. The van der Waals surface area contributed by atoms with E-state index in [4.69, 9.17) is 0 Å². The minimum Gasteiger partial charge on any atom is -0.246 e. The molecule has 0 amide bonds. The number of hydrogen-bond acceptors (Lipinski definition) is 4. The number of hydrogen-bond donors (Lipinski definition) is 1. The summed E-state index contributed by atoms with van der Waals surface area (Å²) < 4.78 is 20.4. The van der Waals surface area contributed by atoms with Gasteiger partial charge in [0.2, 0.25) is 0 Å². The van der Waals surface area contributed by atoms with Crippen LogP contribution in [-0.2, 0) is 16.5 Å². The zero-order valence-corrected chi connectivity index (χ0v) is 7.11. The van der Waals surface area contributed by atoms with Crippen LogP contribution in [0.5, 0.6) is 0 Å². The molecular formula is C5H7NO2S2. The Labute approximate surface area is 64.7 Å². The lowest BCUT2D eigenvalue weighted by atomic mass is 10.6. The minimum absolute atomic E-state index is 0.0691.